The van der Waals surface area contributed by atoms with Gasteiger partial charge in [0.25, 0.3) is 0 Å². The van der Waals surface area contributed by atoms with Gasteiger partial charge >= 0.3 is 0 Å². The van der Waals surface area contributed by atoms with Crippen LogP contribution in [0.5, 0.6) is 0 Å². The fourth-order valence-corrected chi connectivity index (χ4v) is 3.61. The van der Waals surface area contributed by atoms with Crippen molar-refractivity contribution in [2.45, 2.75) is 20.8 Å². The summed E-state index contributed by atoms with van der Waals surface area (Å²) in [6.45, 7) is 9.41. The van der Waals surface area contributed by atoms with Crippen LogP contribution >= 0.6 is 0 Å². The second-order valence-corrected chi connectivity index (χ2v) is 8.49. The Morgan fingerprint density at radius 3 is 2.31 bits per heavy atom. The zero-order valence-corrected chi connectivity index (χ0v) is 16.3. The summed E-state index contributed by atoms with van der Waals surface area (Å²) >= 11 is 0. The largest absolute Gasteiger partial charge is 0.368 e. The van der Waals surface area contributed by atoms with E-state index in [4.69, 9.17) is 0 Å². The van der Waals surface area contributed by atoms with Gasteiger partial charge in [-0.05, 0) is 50.1 Å². The van der Waals surface area contributed by atoms with Gasteiger partial charge in [-0.3, -0.25) is 4.72 Å². The molecule has 0 bridgehead atoms. The fourth-order valence-electron chi connectivity index (χ4n) is 3.03. The van der Waals surface area contributed by atoms with Gasteiger partial charge < -0.3 is 9.80 Å². The molecule has 0 radical (unpaired) electrons. The number of aromatic nitrogens is 2. The third kappa shape index (κ3) is 4.07. The van der Waals surface area contributed by atoms with Crippen molar-refractivity contribution in [3.8, 4) is 0 Å². The molecule has 7 nitrogen and oxygen atoms in total. The highest BCUT2D eigenvalue weighted by Crippen LogP contribution is 2.25. The lowest BCUT2D eigenvalue weighted by Gasteiger charge is -2.37. The summed E-state index contributed by atoms with van der Waals surface area (Å²) in [4.78, 5) is 4.57. The van der Waals surface area contributed by atoms with Crippen LogP contribution in [0.4, 0.5) is 17.3 Å². The molecule has 26 heavy (non-hydrogen) atoms. The Bertz CT molecular complexity index is 860. The highest BCUT2D eigenvalue weighted by molar-refractivity contribution is 7.92. The predicted molar refractivity (Wildman–Crippen MR) is 105 cm³/mol. The Labute approximate surface area is 155 Å². The molecule has 2 aromatic rings. The molecular formula is C18H25N5O2S. The molecule has 0 aliphatic carbocycles. The van der Waals surface area contributed by atoms with Gasteiger partial charge in [0.1, 0.15) is 0 Å². The van der Waals surface area contributed by atoms with Crippen molar-refractivity contribution >= 4 is 27.3 Å². The predicted octanol–water partition coefficient (Wildman–Crippen LogP) is 2.18. The molecular weight excluding hydrogens is 350 g/mol. The molecule has 0 atom stereocenters. The molecule has 1 N–H and O–H groups in total. The Hall–Kier alpha value is -2.35. The number of anilines is 3. The minimum atomic E-state index is -3.33. The summed E-state index contributed by atoms with van der Waals surface area (Å²) in [5.41, 5.74) is 3.93. The first-order valence-corrected chi connectivity index (χ1v) is 10.4. The highest BCUT2D eigenvalue weighted by Gasteiger charge is 2.20. The molecule has 1 saturated heterocycles. The molecule has 8 heteroatoms. The summed E-state index contributed by atoms with van der Waals surface area (Å²) in [7, 11) is -3.33. The SMILES string of the molecule is CCS(=O)(=O)Nc1ccc(N2CCN(c3cccc(C)c3C)CC2)nn1. The van der Waals surface area contributed by atoms with E-state index in [0.717, 1.165) is 32.0 Å². The van der Waals surface area contributed by atoms with E-state index in [0.29, 0.717) is 0 Å². The first-order chi connectivity index (χ1) is 12.4. The van der Waals surface area contributed by atoms with E-state index >= 15 is 0 Å². The molecule has 1 aromatic heterocycles. The highest BCUT2D eigenvalue weighted by atomic mass is 32.2. The standard InChI is InChI=1S/C18H25N5O2S/c1-4-26(24,25)21-17-8-9-18(20-19-17)23-12-10-22(11-13-23)16-7-5-6-14(2)15(16)3/h5-9H,4,10-13H2,1-3H3,(H,19,21). The summed E-state index contributed by atoms with van der Waals surface area (Å²) in [6, 6.07) is 9.89. The lowest BCUT2D eigenvalue weighted by Crippen LogP contribution is -2.47. The van der Waals surface area contributed by atoms with Crippen molar-refractivity contribution in [1.29, 1.82) is 0 Å². The number of piperazine rings is 1. The first kappa shape index (κ1) is 18.4. The smallest absolute Gasteiger partial charge is 0.233 e. The second-order valence-electron chi connectivity index (χ2n) is 6.48. The quantitative estimate of drug-likeness (QED) is 0.863. The van der Waals surface area contributed by atoms with Gasteiger partial charge in [-0.15, -0.1) is 10.2 Å². The minimum Gasteiger partial charge on any atom is -0.368 e. The van der Waals surface area contributed by atoms with Crippen LogP contribution in [0.25, 0.3) is 0 Å². The lowest BCUT2D eigenvalue weighted by molar-refractivity contribution is 0.602. The average Bonchev–Trinajstić information content (AvgIpc) is 2.65. The number of rotatable bonds is 5. The number of hydrogen-bond donors (Lipinski definition) is 1. The Kier molecular flexibility index (Phi) is 5.31. The molecule has 2 heterocycles. The third-order valence-corrected chi connectivity index (χ3v) is 6.09. The van der Waals surface area contributed by atoms with Crippen molar-refractivity contribution in [3.63, 3.8) is 0 Å². The van der Waals surface area contributed by atoms with Crippen molar-refractivity contribution in [2.75, 3.05) is 46.5 Å². The van der Waals surface area contributed by atoms with Crippen LogP contribution < -0.4 is 14.5 Å². The molecule has 1 aliphatic rings. The van der Waals surface area contributed by atoms with Gasteiger partial charge in [0.15, 0.2) is 11.6 Å². The maximum absolute atomic E-state index is 11.6. The Morgan fingerprint density at radius 1 is 1.00 bits per heavy atom. The van der Waals surface area contributed by atoms with Crippen LogP contribution in [-0.2, 0) is 10.0 Å². The molecule has 0 amide bonds. The summed E-state index contributed by atoms with van der Waals surface area (Å²) in [5, 5.41) is 8.18. The molecule has 1 fully saturated rings. The van der Waals surface area contributed by atoms with Gasteiger partial charge in [0.05, 0.1) is 5.75 Å². The van der Waals surface area contributed by atoms with Gasteiger partial charge in [-0.25, -0.2) is 8.42 Å². The van der Waals surface area contributed by atoms with Crippen LogP contribution in [0.15, 0.2) is 30.3 Å². The molecule has 0 spiro atoms. The Morgan fingerprint density at radius 2 is 1.69 bits per heavy atom. The Balaban J connectivity index is 1.64. The minimum absolute atomic E-state index is 0.0107. The maximum atomic E-state index is 11.6. The van der Waals surface area contributed by atoms with Gasteiger partial charge in [-0.1, -0.05) is 12.1 Å². The second kappa shape index (κ2) is 7.49. The molecule has 140 valence electrons. The number of sulfonamides is 1. The normalized spacial score (nSPS) is 15.2. The van der Waals surface area contributed by atoms with Crippen molar-refractivity contribution in [1.82, 2.24) is 10.2 Å². The molecule has 1 aliphatic heterocycles. The van der Waals surface area contributed by atoms with E-state index in [2.05, 4.69) is 56.8 Å². The third-order valence-electron chi connectivity index (χ3n) is 4.81. The average molecular weight is 375 g/mol. The molecule has 0 saturated carbocycles. The van der Waals surface area contributed by atoms with Crippen LogP contribution in [0.2, 0.25) is 0 Å². The maximum Gasteiger partial charge on any atom is 0.233 e. The number of benzene rings is 1. The van der Waals surface area contributed by atoms with Gasteiger partial charge in [0, 0.05) is 31.9 Å². The zero-order chi connectivity index (χ0) is 18.7. The molecule has 1 aromatic carbocycles. The van der Waals surface area contributed by atoms with E-state index in [-0.39, 0.29) is 11.6 Å². The first-order valence-electron chi connectivity index (χ1n) is 8.80. The molecule has 0 unspecified atom stereocenters. The topological polar surface area (TPSA) is 78.4 Å². The van der Waals surface area contributed by atoms with Crippen LogP contribution in [0.3, 0.4) is 0 Å². The van der Waals surface area contributed by atoms with Crippen LogP contribution in [-0.4, -0.2) is 50.5 Å². The van der Waals surface area contributed by atoms with E-state index in [1.54, 1.807) is 13.0 Å². The number of nitrogens with zero attached hydrogens (tertiary/aromatic N) is 4. The fraction of sp³-hybridized carbons (Fsp3) is 0.444. The lowest BCUT2D eigenvalue weighted by atomic mass is 10.1. The van der Waals surface area contributed by atoms with E-state index in [1.165, 1.54) is 16.8 Å². The van der Waals surface area contributed by atoms with Gasteiger partial charge in [0.2, 0.25) is 10.0 Å². The van der Waals surface area contributed by atoms with Crippen LogP contribution in [0, 0.1) is 13.8 Å². The number of hydrogen-bond acceptors (Lipinski definition) is 6. The number of nitrogens with one attached hydrogen (secondary N) is 1. The van der Waals surface area contributed by atoms with E-state index in [9.17, 15) is 8.42 Å². The van der Waals surface area contributed by atoms with E-state index < -0.39 is 10.0 Å². The van der Waals surface area contributed by atoms with Crippen molar-refractivity contribution < 1.29 is 8.42 Å². The summed E-state index contributed by atoms with van der Waals surface area (Å²) < 4.78 is 25.6. The summed E-state index contributed by atoms with van der Waals surface area (Å²) in [5.74, 6) is 1.03. The zero-order valence-electron chi connectivity index (χ0n) is 15.4. The number of aryl methyl sites for hydroxylation is 1. The van der Waals surface area contributed by atoms with Crippen molar-refractivity contribution in [3.05, 3.63) is 41.5 Å². The van der Waals surface area contributed by atoms with E-state index in [1.807, 2.05) is 6.07 Å². The van der Waals surface area contributed by atoms with Crippen LogP contribution in [0.1, 0.15) is 18.1 Å². The van der Waals surface area contributed by atoms with Gasteiger partial charge in [-0.2, -0.15) is 0 Å². The molecule has 3 rings (SSSR count). The summed E-state index contributed by atoms with van der Waals surface area (Å²) in [6.07, 6.45) is 0. The van der Waals surface area contributed by atoms with Crippen molar-refractivity contribution in [2.24, 2.45) is 0 Å². The monoisotopic (exact) mass is 375 g/mol.